The summed E-state index contributed by atoms with van der Waals surface area (Å²) in [5.74, 6) is -0.539. The fourth-order valence-electron chi connectivity index (χ4n) is 3.88. The molecule has 2 aliphatic heterocycles. The van der Waals surface area contributed by atoms with Gasteiger partial charge in [-0.15, -0.1) is 0 Å². The van der Waals surface area contributed by atoms with Crippen molar-refractivity contribution in [3.05, 3.63) is 65.0 Å². The van der Waals surface area contributed by atoms with Gasteiger partial charge in [-0.25, -0.2) is 12.8 Å². The number of hydrogen-bond donors (Lipinski definition) is 0. The van der Waals surface area contributed by atoms with E-state index in [0.717, 1.165) is 16.8 Å². The van der Waals surface area contributed by atoms with E-state index in [1.807, 2.05) is 36.9 Å². The van der Waals surface area contributed by atoms with Crippen LogP contribution in [0, 0.1) is 19.7 Å². The maximum absolute atomic E-state index is 13.1. The fraction of sp³-hybridized carbons (Fsp3) is 0.333. The molecule has 29 heavy (non-hydrogen) atoms. The van der Waals surface area contributed by atoms with Crippen molar-refractivity contribution in [3.8, 4) is 0 Å². The Morgan fingerprint density at radius 1 is 1.14 bits per heavy atom. The first kappa shape index (κ1) is 20.1. The summed E-state index contributed by atoms with van der Waals surface area (Å²) >= 11 is 1.36. The highest BCUT2D eigenvalue weighted by Gasteiger charge is 2.49. The lowest BCUT2D eigenvalue weighted by atomic mass is 10.1. The zero-order valence-electron chi connectivity index (χ0n) is 16.1. The lowest BCUT2D eigenvalue weighted by Crippen LogP contribution is -2.37. The van der Waals surface area contributed by atoms with E-state index in [0.29, 0.717) is 10.7 Å². The quantitative estimate of drug-likeness (QED) is 0.745. The molecule has 0 spiro atoms. The van der Waals surface area contributed by atoms with Gasteiger partial charge in [-0.3, -0.25) is 4.79 Å². The van der Waals surface area contributed by atoms with E-state index in [2.05, 4.69) is 4.99 Å². The third-order valence-electron chi connectivity index (χ3n) is 5.04. The molecule has 2 aromatic carbocycles. The number of rotatable bonds is 3. The Hall–Kier alpha value is -2.19. The minimum atomic E-state index is -3.11. The van der Waals surface area contributed by atoms with Crippen molar-refractivity contribution in [2.75, 3.05) is 16.4 Å². The number of fused-ring (bicyclic) bond motifs is 1. The van der Waals surface area contributed by atoms with Crippen molar-refractivity contribution in [2.45, 2.75) is 31.6 Å². The van der Waals surface area contributed by atoms with E-state index >= 15 is 0 Å². The Balaban J connectivity index is 1.66. The molecule has 1 amide bonds. The van der Waals surface area contributed by atoms with E-state index in [4.69, 9.17) is 0 Å². The standard InChI is InChI=1S/C21H21FN2O3S2/c1-13-7-14(2)9-17(8-13)24-18-11-29(26,27)12-19(18)28-21(24)23-20(25)10-15-3-5-16(22)6-4-15/h3-9,18-19H,10-12H2,1-2H3/t18-,19+/m0/s1. The Morgan fingerprint density at radius 3 is 2.45 bits per heavy atom. The van der Waals surface area contributed by atoms with E-state index in [9.17, 15) is 17.6 Å². The number of thioether (sulfide) groups is 1. The highest BCUT2D eigenvalue weighted by molar-refractivity contribution is 8.16. The molecule has 2 atom stereocenters. The minimum Gasteiger partial charge on any atom is -0.316 e. The third-order valence-corrected chi connectivity index (χ3v) is 8.25. The Morgan fingerprint density at radius 2 is 1.79 bits per heavy atom. The van der Waals surface area contributed by atoms with Gasteiger partial charge >= 0.3 is 0 Å². The molecule has 2 aliphatic rings. The van der Waals surface area contributed by atoms with E-state index < -0.39 is 9.84 Å². The Kier molecular flexibility index (Phi) is 5.25. The molecule has 5 nitrogen and oxygen atoms in total. The van der Waals surface area contributed by atoms with Crippen LogP contribution in [0.25, 0.3) is 0 Å². The van der Waals surface area contributed by atoms with Gasteiger partial charge in [-0.05, 0) is 54.8 Å². The van der Waals surface area contributed by atoms with Crippen LogP contribution in [0.15, 0.2) is 47.5 Å². The van der Waals surface area contributed by atoms with Crippen molar-refractivity contribution in [1.29, 1.82) is 0 Å². The second kappa shape index (κ2) is 7.57. The highest BCUT2D eigenvalue weighted by Crippen LogP contribution is 2.41. The number of carbonyl (C=O) groups is 1. The molecule has 0 aromatic heterocycles. The molecule has 0 saturated carbocycles. The summed E-state index contributed by atoms with van der Waals surface area (Å²) in [7, 11) is -3.11. The summed E-state index contributed by atoms with van der Waals surface area (Å²) in [5, 5.41) is 0.394. The number of aryl methyl sites for hydroxylation is 2. The third kappa shape index (κ3) is 4.38. The summed E-state index contributed by atoms with van der Waals surface area (Å²) in [6.07, 6.45) is 0.0681. The first-order valence-corrected chi connectivity index (χ1v) is 12.0. The van der Waals surface area contributed by atoms with Crippen LogP contribution in [0.2, 0.25) is 0 Å². The molecular weight excluding hydrogens is 411 g/mol. The first-order valence-electron chi connectivity index (χ1n) is 9.31. The number of hydrogen-bond acceptors (Lipinski definition) is 4. The van der Waals surface area contributed by atoms with Crippen LogP contribution in [0.4, 0.5) is 10.1 Å². The number of anilines is 1. The molecule has 2 aromatic rings. The number of amides is 1. The second-order valence-corrected chi connectivity index (χ2v) is 11.0. The van der Waals surface area contributed by atoms with Gasteiger partial charge in [-0.2, -0.15) is 4.99 Å². The van der Waals surface area contributed by atoms with Crippen molar-refractivity contribution in [2.24, 2.45) is 4.99 Å². The number of amidine groups is 1. The van der Waals surface area contributed by atoms with Gasteiger partial charge in [0.25, 0.3) is 5.91 Å². The van der Waals surface area contributed by atoms with Gasteiger partial charge in [0.1, 0.15) is 5.82 Å². The summed E-state index contributed by atoms with van der Waals surface area (Å²) in [5.41, 5.74) is 3.66. The van der Waals surface area contributed by atoms with Gasteiger partial charge in [0.05, 0.1) is 24.0 Å². The number of carbonyl (C=O) groups excluding carboxylic acids is 1. The van der Waals surface area contributed by atoms with E-state index in [1.165, 1.54) is 23.9 Å². The van der Waals surface area contributed by atoms with Crippen molar-refractivity contribution >= 4 is 38.4 Å². The maximum atomic E-state index is 13.1. The van der Waals surface area contributed by atoms with Crippen LogP contribution in [0.5, 0.6) is 0 Å². The number of sulfone groups is 1. The highest BCUT2D eigenvalue weighted by atomic mass is 32.2. The fourth-order valence-corrected chi connectivity index (χ4v) is 7.81. The lowest BCUT2D eigenvalue weighted by Gasteiger charge is -2.25. The number of aliphatic imine (C=N–C) groups is 1. The molecule has 0 aliphatic carbocycles. The number of nitrogens with zero attached hydrogens (tertiary/aromatic N) is 2. The van der Waals surface area contributed by atoms with Crippen LogP contribution < -0.4 is 4.90 Å². The van der Waals surface area contributed by atoms with E-state index in [1.54, 1.807) is 12.1 Å². The molecule has 0 bridgehead atoms. The molecule has 2 heterocycles. The Bertz CT molecular complexity index is 1080. The van der Waals surface area contributed by atoms with Crippen molar-refractivity contribution in [1.82, 2.24) is 0 Å². The van der Waals surface area contributed by atoms with Gasteiger partial charge in [-0.1, -0.05) is 30.0 Å². The van der Waals surface area contributed by atoms with Gasteiger partial charge < -0.3 is 4.90 Å². The SMILES string of the molecule is Cc1cc(C)cc(N2C(=NC(=O)Cc3ccc(F)cc3)S[C@@H]3CS(=O)(=O)C[C@@H]32)c1. The second-order valence-electron chi connectivity index (χ2n) is 7.61. The summed E-state index contributed by atoms with van der Waals surface area (Å²) < 4.78 is 37.4. The van der Waals surface area contributed by atoms with E-state index in [-0.39, 0.29) is 40.9 Å². The number of halogens is 1. The summed E-state index contributed by atoms with van der Waals surface area (Å²) in [6, 6.07) is 11.6. The van der Waals surface area contributed by atoms with Crippen LogP contribution in [-0.4, -0.2) is 42.3 Å². The predicted octanol–water partition coefficient (Wildman–Crippen LogP) is 3.29. The van der Waals surface area contributed by atoms with Crippen LogP contribution in [-0.2, 0) is 21.1 Å². The molecule has 8 heteroatoms. The Labute approximate surface area is 173 Å². The molecule has 0 N–H and O–H groups in total. The number of benzene rings is 2. The van der Waals surface area contributed by atoms with Gasteiger partial charge in [0, 0.05) is 10.9 Å². The van der Waals surface area contributed by atoms with Crippen LogP contribution >= 0.6 is 11.8 Å². The predicted molar refractivity (Wildman–Crippen MR) is 115 cm³/mol. The largest absolute Gasteiger partial charge is 0.316 e. The summed E-state index contributed by atoms with van der Waals surface area (Å²) in [4.78, 5) is 18.8. The zero-order valence-corrected chi connectivity index (χ0v) is 17.8. The zero-order chi connectivity index (χ0) is 20.8. The molecule has 0 radical (unpaired) electrons. The normalized spacial score (nSPS) is 24.1. The smallest absolute Gasteiger partial charge is 0.252 e. The average molecular weight is 433 g/mol. The van der Waals surface area contributed by atoms with Gasteiger partial charge in [0.15, 0.2) is 15.0 Å². The monoisotopic (exact) mass is 432 g/mol. The van der Waals surface area contributed by atoms with Gasteiger partial charge in [0.2, 0.25) is 0 Å². The molecule has 4 rings (SSSR count). The minimum absolute atomic E-state index is 0.0584. The first-order chi connectivity index (χ1) is 13.7. The lowest BCUT2D eigenvalue weighted by molar-refractivity contribution is -0.117. The topological polar surface area (TPSA) is 66.8 Å². The summed E-state index contributed by atoms with van der Waals surface area (Å²) in [6.45, 7) is 3.97. The van der Waals surface area contributed by atoms with Crippen LogP contribution in [0.1, 0.15) is 16.7 Å². The molecule has 2 saturated heterocycles. The average Bonchev–Trinajstić information content (AvgIpc) is 3.06. The maximum Gasteiger partial charge on any atom is 0.252 e. The molecule has 2 fully saturated rings. The molecule has 0 unspecified atom stereocenters. The van der Waals surface area contributed by atoms with Crippen LogP contribution in [0.3, 0.4) is 0 Å². The van der Waals surface area contributed by atoms with Crippen molar-refractivity contribution < 1.29 is 17.6 Å². The molecule has 152 valence electrons. The molecular formula is C21H21FN2O3S2. The van der Waals surface area contributed by atoms with Crippen molar-refractivity contribution in [3.63, 3.8) is 0 Å².